The Balaban J connectivity index is 0.000000603. The molecule has 2 N–H and O–H groups in total. The van der Waals surface area contributed by atoms with Crippen LogP contribution in [0.4, 0.5) is 5.69 Å². The smallest absolute Gasteiger partial charge is 0.255 e. The van der Waals surface area contributed by atoms with E-state index in [1.54, 1.807) is 12.1 Å². The Morgan fingerprint density at radius 2 is 1.52 bits per heavy atom. The molecular weight excluding hydrogens is 887 g/mol. The van der Waals surface area contributed by atoms with Gasteiger partial charge in [-0.15, -0.1) is 0 Å². The minimum absolute atomic E-state index is 0.179. The molecule has 11 nitrogen and oxygen atoms in total. The SMILES string of the molecule is CC.CC.CC.CCCC.CN(C(=O)c1cc(N2CCN(CCCCCO)CC2)ccc1C=O)C1CCC(=O)NC1=O.C\C=C/C(C)=C(\C=C\CC)c1ccc(-c2ccc(OC3CCC3)nc2)cc1CC. The van der Waals surface area contributed by atoms with Crippen LogP contribution >= 0.6 is 0 Å². The molecule has 2 aliphatic heterocycles. The topological polar surface area (TPSA) is 132 Å². The second-order valence-corrected chi connectivity index (χ2v) is 17.1. The number of amides is 3. The van der Waals surface area contributed by atoms with Crippen LogP contribution in [0.15, 0.2) is 84.6 Å². The van der Waals surface area contributed by atoms with Crippen LogP contribution in [0.2, 0.25) is 0 Å². The van der Waals surface area contributed by atoms with Gasteiger partial charge in [-0.3, -0.25) is 29.4 Å². The Labute approximate surface area is 430 Å². The lowest BCUT2D eigenvalue weighted by molar-refractivity contribution is -0.136. The highest BCUT2D eigenvalue weighted by molar-refractivity contribution is 6.06. The van der Waals surface area contributed by atoms with Crippen molar-refractivity contribution in [3.8, 4) is 17.0 Å². The van der Waals surface area contributed by atoms with Gasteiger partial charge in [0.15, 0.2) is 6.29 Å². The van der Waals surface area contributed by atoms with Gasteiger partial charge in [0, 0.05) is 75.3 Å². The lowest BCUT2D eigenvalue weighted by Gasteiger charge is -2.36. The fraction of sp³-hybridized carbons (Fsp3) is 0.550. The number of ether oxygens (including phenoxy) is 1. The monoisotopic (exact) mass is 980 g/mol. The fourth-order valence-electron chi connectivity index (χ4n) is 7.88. The molecule has 3 aromatic rings. The third kappa shape index (κ3) is 21.1. The molecule has 11 heteroatoms. The van der Waals surface area contributed by atoms with Gasteiger partial charge in [0.2, 0.25) is 17.7 Å². The van der Waals surface area contributed by atoms with E-state index in [2.05, 4.69) is 110 Å². The molecule has 394 valence electrons. The standard InChI is InChI=1S/C27H33NO.C23H32N4O5.C4H10.3C2H6/c1-5-8-13-25(20(4)10-6-2)26-16-14-22(18-21(26)7-3)23-15-17-27(28-19-23)29-24-11-9-12-24;1-25(20-7-8-21(30)24-22(20)31)23(32)19-15-18(6-5-17(19)16-29)27-12-10-26(11-13-27)9-3-2-4-14-28;1-3-4-2;3*1-2/h6,8,10,13-19,24H,5,7,9,11-12H2,1-4H3;5-6,15-16,20,28H,2-4,7-14H2,1H3,(H,24,30,31);3-4H2,1-2H3;3*1-2H3/b10-6-,13-8+,25-20+;;;;;. The number of anilines is 1. The minimum atomic E-state index is -0.738. The van der Waals surface area contributed by atoms with Crippen LogP contribution < -0.4 is 15.0 Å². The molecule has 3 amide bonds. The summed E-state index contributed by atoms with van der Waals surface area (Å²) in [5, 5.41) is 11.2. The van der Waals surface area contributed by atoms with Crippen molar-refractivity contribution < 1.29 is 29.0 Å². The van der Waals surface area contributed by atoms with E-state index in [9.17, 15) is 19.2 Å². The number of nitrogens with zero attached hydrogens (tertiary/aromatic N) is 4. The quantitative estimate of drug-likeness (QED) is 0.0553. The van der Waals surface area contributed by atoms with Gasteiger partial charge in [0.25, 0.3) is 5.91 Å². The highest BCUT2D eigenvalue weighted by Crippen LogP contribution is 2.31. The van der Waals surface area contributed by atoms with Gasteiger partial charge in [-0.1, -0.05) is 125 Å². The first-order valence-corrected chi connectivity index (χ1v) is 27.1. The van der Waals surface area contributed by atoms with Crippen molar-refractivity contribution in [2.45, 2.75) is 172 Å². The van der Waals surface area contributed by atoms with Crippen molar-refractivity contribution in [3.63, 3.8) is 0 Å². The Morgan fingerprint density at radius 3 is 2.06 bits per heavy atom. The predicted octanol–water partition coefficient (Wildman–Crippen LogP) is 13.1. The molecule has 0 spiro atoms. The number of unbranched alkanes of at least 4 members (excludes halogenated alkanes) is 3. The number of aryl methyl sites for hydroxylation is 1. The van der Waals surface area contributed by atoms with E-state index in [4.69, 9.17) is 9.84 Å². The average Bonchev–Trinajstić information content (AvgIpc) is 3.40. The predicted molar refractivity (Wildman–Crippen MR) is 298 cm³/mol. The molecule has 1 atom stereocenters. The van der Waals surface area contributed by atoms with Gasteiger partial charge < -0.3 is 19.6 Å². The number of benzene rings is 2. The van der Waals surface area contributed by atoms with E-state index in [0.29, 0.717) is 12.4 Å². The summed E-state index contributed by atoms with van der Waals surface area (Å²) in [6, 6.07) is 15.4. The lowest BCUT2D eigenvalue weighted by atomic mass is 9.91. The highest BCUT2D eigenvalue weighted by atomic mass is 16.5. The molecule has 0 bridgehead atoms. The van der Waals surface area contributed by atoms with E-state index in [0.717, 1.165) is 94.8 Å². The maximum Gasteiger partial charge on any atom is 0.255 e. The molecule has 2 aromatic carbocycles. The van der Waals surface area contributed by atoms with E-state index < -0.39 is 17.9 Å². The van der Waals surface area contributed by atoms with Gasteiger partial charge in [-0.05, 0) is 130 Å². The number of nitrogens with one attached hydrogen (secondary N) is 1. The summed E-state index contributed by atoms with van der Waals surface area (Å²) >= 11 is 0. The second kappa shape index (κ2) is 37.4. The highest BCUT2D eigenvalue weighted by Gasteiger charge is 2.33. The van der Waals surface area contributed by atoms with E-state index in [1.165, 1.54) is 59.0 Å². The summed E-state index contributed by atoms with van der Waals surface area (Å²) in [4.78, 5) is 58.8. The zero-order valence-electron chi connectivity index (χ0n) is 46.2. The number of hydrogen-bond donors (Lipinski definition) is 2. The van der Waals surface area contributed by atoms with Gasteiger partial charge in [0.05, 0.1) is 5.56 Å². The first-order chi connectivity index (χ1) is 34.5. The van der Waals surface area contributed by atoms with Crippen LogP contribution in [0.3, 0.4) is 0 Å². The van der Waals surface area contributed by atoms with Gasteiger partial charge in [0.1, 0.15) is 12.1 Å². The molecule has 6 rings (SSSR count). The number of pyridine rings is 1. The molecule has 2 saturated heterocycles. The molecule has 1 aromatic heterocycles. The molecule has 1 aliphatic carbocycles. The molecule has 3 fully saturated rings. The van der Waals surface area contributed by atoms with Crippen LogP contribution in [0.1, 0.15) is 186 Å². The Hall–Kier alpha value is -5.39. The largest absolute Gasteiger partial charge is 0.474 e. The number of carbonyl (C=O) groups is 4. The minimum Gasteiger partial charge on any atom is -0.474 e. The van der Waals surface area contributed by atoms with Crippen molar-refractivity contribution >= 4 is 35.3 Å². The van der Waals surface area contributed by atoms with Gasteiger partial charge in [-0.2, -0.15) is 0 Å². The van der Waals surface area contributed by atoms with E-state index in [-0.39, 0.29) is 36.5 Å². The maximum atomic E-state index is 13.2. The summed E-state index contributed by atoms with van der Waals surface area (Å²) in [5.41, 5.74) is 9.01. The number of aliphatic hydroxyl groups excluding tert-OH is 1. The fourth-order valence-corrected chi connectivity index (χ4v) is 7.88. The second-order valence-electron chi connectivity index (χ2n) is 17.1. The molecule has 0 radical (unpaired) electrons. The average molecular weight is 980 g/mol. The Morgan fingerprint density at radius 1 is 0.845 bits per heavy atom. The summed E-state index contributed by atoms with van der Waals surface area (Å²) in [6.07, 6.45) is 23.4. The summed E-state index contributed by atoms with van der Waals surface area (Å²) in [7, 11) is 1.53. The van der Waals surface area contributed by atoms with Crippen LogP contribution in [0.5, 0.6) is 5.88 Å². The van der Waals surface area contributed by atoms with Crippen LogP contribution in [0.25, 0.3) is 16.7 Å². The van der Waals surface area contributed by atoms with E-state index >= 15 is 0 Å². The summed E-state index contributed by atoms with van der Waals surface area (Å²) < 4.78 is 5.89. The number of imide groups is 1. The first-order valence-electron chi connectivity index (χ1n) is 27.1. The van der Waals surface area contributed by atoms with Crippen molar-refractivity contribution in [2.75, 3.05) is 51.3 Å². The van der Waals surface area contributed by atoms with Crippen molar-refractivity contribution in [1.29, 1.82) is 0 Å². The Kier molecular flexibility index (Phi) is 33.5. The zero-order valence-corrected chi connectivity index (χ0v) is 46.2. The number of piperazine rings is 1. The molecule has 71 heavy (non-hydrogen) atoms. The van der Waals surface area contributed by atoms with E-state index in [1.807, 2.05) is 59.9 Å². The van der Waals surface area contributed by atoms with Crippen molar-refractivity contribution in [3.05, 3.63) is 107 Å². The number of carbonyl (C=O) groups excluding carboxylic acids is 4. The Bertz CT molecular complexity index is 2080. The maximum absolute atomic E-state index is 13.2. The van der Waals surface area contributed by atoms with Crippen LogP contribution in [-0.2, 0) is 16.0 Å². The number of likely N-dealkylation sites (N-methyl/N-ethyl adjacent to an activating group) is 1. The third-order valence-electron chi connectivity index (χ3n) is 12.3. The number of hydrogen-bond acceptors (Lipinski definition) is 9. The lowest BCUT2D eigenvalue weighted by Crippen LogP contribution is -2.53. The van der Waals surface area contributed by atoms with Crippen LogP contribution in [-0.4, -0.2) is 102 Å². The number of piperidine rings is 1. The van der Waals surface area contributed by atoms with Crippen molar-refractivity contribution in [1.82, 2.24) is 20.1 Å². The summed E-state index contributed by atoms with van der Waals surface area (Å²) in [5.74, 6) is -0.500. The number of allylic oxidation sites excluding steroid dienone is 6. The normalized spacial score (nSPS) is 15.9. The number of aromatic nitrogens is 1. The number of rotatable bonds is 18. The first kappa shape index (κ1) is 63.6. The molecule has 3 aliphatic rings. The number of aliphatic hydroxyl groups is 1. The molecule has 3 heterocycles. The van der Waals surface area contributed by atoms with Gasteiger partial charge in [-0.25, -0.2) is 4.98 Å². The number of aldehydes is 1. The molecular formula is C60H93N5O6. The molecule has 1 unspecified atom stereocenters. The van der Waals surface area contributed by atoms with Crippen molar-refractivity contribution in [2.24, 2.45) is 0 Å². The zero-order chi connectivity index (χ0) is 53.1. The van der Waals surface area contributed by atoms with Crippen LogP contribution in [0, 0.1) is 0 Å². The third-order valence-corrected chi connectivity index (χ3v) is 12.3. The molecule has 1 saturated carbocycles. The summed E-state index contributed by atoms with van der Waals surface area (Å²) in [6.45, 7) is 29.7. The van der Waals surface area contributed by atoms with Gasteiger partial charge >= 0.3 is 0 Å².